The maximum absolute atomic E-state index is 10.9. The lowest BCUT2D eigenvalue weighted by Crippen LogP contribution is -2.21. The van der Waals surface area contributed by atoms with E-state index < -0.39 is 0 Å². The van der Waals surface area contributed by atoms with Gasteiger partial charge < -0.3 is 15.1 Å². The number of phenolic OH excluding ortho intramolecular Hbond substituents is 2. The van der Waals surface area contributed by atoms with Crippen LogP contribution in [0.2, 0.25) is 0 Å². The lowest BCUT2D eigenvalue weighted by atomic mass is 9.83. The fraction of sp³-hybridized carbons (Fsp3) is 0.280. The molecule has 0 spiro atoms. The first-order valence-corrected chi connectivity index (χ1v) is 9.88. The Kier molecular flexibility index (Phi) is 5.93. The lowest BCUT2D eigenvalue weighted by Gasteiger charge is -2.25. The van der Waals surface area contributed by atoms with Gasteiger partial charge in [-0.2, -0.15) is 0 Å². The van der Waals surface area contributed by atoms with Gasteiger partial charge in [-0.25, -0.2) is 0 Å². The second kappa shape index (κ2) is 8.39. The number of nitrogens with zero attached hydrogens (tertiary/aromatic N) is 1. The summed E-state index contributed by atoms with van der Waals surface area (Å²) in [5, 5.41) is 21.6. The van der Waals surface area contributed by atoms with Crippen LogP contribution in [-0.4, -0.2) is 23.3 Å². The van der Waals surface area contributed by atoms with Crippen LogP contribution in [0.15, 0.2) is 60.7 Å². The number of benzene rings is 3. The number of anilines is 1. The van der Waals surface area contributed by atoms with Crippen LogP contribution in [0.1, 0.15) is 47.6 Å². The van der Waals surface area contributed by atoms with E-state index in [-0.39, 0.29) is 17.4 Å². The highest BCUT2D eigenvalue weighted by Crippen LogP contribution is 2.41. The average molecular weight is 376 g/mol. The Labute approximate surface area is 167 Å². The van der Waals surface area contributed by atoms with Gasteiger partial charge in [-0.1, -0.05) is 48.0 Å². The van der Waals surface area contributed by atoms with Crippen LogP contribution in [-0.2, 0) is 0 Å². The Bertz CT molecular complexity index is 943. The van der Waals surface area contributed by atoms with Crippen LogP contribution >= 0.6 is 0 Å². The zero-order valence-corrected chi connectivity index (χ0v) is 17.1. The number of hydrogen-bond acceptors (Lipinski definition) is 3. The topological polar surface area (TPSA) is 43.7 Å². The van der Waals surface area contributed by atoms with Gasteiger partial charge in [0.25, 0.3) is 0 Å². The summed E-state index contributed by atoms with van der Waals surface area (Å²) >= 11 is 0. The van der Waals surface area contributed by atoms with Gasteiger partial charge >= 0.3 is 0 Å². The first kappa shape index (κ1) is 19.8. The molecule has 0 bridgehead atoms. The summed E-state index contributed by atoms with van der Waals surface area (Å²) in [6, 6.07) is 19.8. The Morgan fingerprint density at radius 1 is 0.714 bits per heavy atom. The summed E-state index contributed by atoms with van der Waals surface area (Å²) in [6.07, 6.45) is 0. The van der Waals surface area contributed by atoms with Crippen molar-refractivity contribution in [3.05, 3.63) is 88.5 Å². The van der Waals surface area contributed by atoms with Crippen LogP contribution in [0.25, 0.3) is 0 Å². The molecule has 0 saturated heterocycles. The van der Waals surface area contributed by atoms with Gasteiger partial charge in [0.05, 0.1) is 0 Å². The number of aryl methyl sites for hydroxylation is 2. The Balaban J connectivity index is 2.15. The molecule has 3 heteroatoms. The normalized spacial score (nSPS) is 12.0. The van der Waals surface area contributed by atoms with Crippen molar-refractivity contribution in [3.63, 3.8) is 0 Å². The lowest BCUT2D eigenvalue weighted by molar-refractivity contribution is 0.458. The Morgan fingerprint density at radius 3 is 1.79 bits per heavy atom. The molecule has 0 aliphatic rings. The highest BCUT2D eigenvalue weighted by atomic mass is 16.3. The van der Waals surface area contributed by atoms with Crippen molar-refractivity contribution in [2.45, 2.75) is 33.6 Å². The van der Waals surface area contributed by atoms with Crippen molar-refractivity contribution in [1.29, 1.82) is 0 Å². The van der Waals surface area contributed by atoms with Gasteiger partial charge in [0.1, 0.15) is 11.5 Å². The van der Waals surface area contributed by atoms with Gasteiger partial charge in [-0.05, 0) is 51.0 Å². The molecule has 0 aromatic heterocycles. The van der Waals surface area contributed by atoms with Crippen molar-refractivity contribution in [2.24, 2.45) is 0 Å². The van der Waals surface area contributed by atoms with E-state index in [1.807, 2.05) is 31.2 Å². The smallest absolute Gasteiger partial charge is 0.121 e. The summed E-state index contributed by atoms with van der Waals surface area (Å²) in [5.74, 6) is 0.250. The summed E-state index contributed by atoms with van der Waals surface area (Å²) in [5.41, 5.74) is 5.80. The molecule has 3 nitrogen and oxygen atoms in total. The van der Waals surface area contributed by atoms with Crippen LogP contribution in [0.5, 0.6) is 11.5 Å². The third-order valence-corrected chi connectivity index (χ3v) is 5.36. The van der Waals surface area contributed by atoms with Gasteiger partial charge in [-0.3, -0.25) is 0 Å². The first-order valence-electron chi connectivity index (χ1n) is 9.88. The van der Waals surface area contributed by atoms with Crippen molar-refractivity contribution < 1.29 is 10.2 Å². The number of aromatic hydroxyl groups is 2. The van der Waals surface area contributed by atoms with E-state index in [0.717, 1.165) is 41.0 Å². The zero-order chi connectivity index (χ0) is 20.3. The standard InChI is InChI=1S/C25H29NO2/c1-5-26(6-2)20-12-14-22(24(28)16-20)25(19-10-7-17(3)8-11-19)21-13-9-18(4)15-23(21)27/h7-16,25,27-28H,5-6H2,1-4H3. The zero-order valence-electron chi connectivity index (χ0n) is 17.1. The maximum atomic E-state index is 10.9. The summed E-state index contributed by atoms with van der Waals surface area (Å²) in [4.78, 5) is 2.20. The molecule has 0 aliphatic heterocycles. The van der Waals surface area contributed by atoms with E-state index in [1.165, 1.54) is 5.56 Å². The molecule has 3 aromatic carbocycles. The van der Waals surface area contributed by atoms with Crippen LogP contribution in [0.4, 0.5) is 5.69 Å². The molecule has 0 heterocycles. The third kappa shape index (κ3) is 3.99. The highest BCUT2D eigenvalue weighted by Gasteiger charge is 2.23. The first-order chi connectivity index (χ1) is 13.4. The van der Waals surface area contributed by atoms with Gasteiger partial charge in [-0.15, -0.1) is 0 Å². The molecule has 1 atom stereocenters. The largest absolute Gasteiger partial charge is 0.508 e. The maximum Gasteiger partial charge on any atom is 0.121 e. The fourth-order valence-corrected chi connectivity index (χ4v) is 3.74. The van der Waals surface area contributed by atoms with Crippen molar-refractivity contribution in [3.8, 4) is 11.5 Å². The molecular weight excluding hydrogens is 346 g/mol. The quantitative estimate of drug-likeness (QED) is 0.540. The number of phenols is 2. The Morgan fingerprint density at radius 2 is 1.25 bits per heavy atom. The van der Waals surface area contributed by atoms with Crippen molar-refractivity contribution in [1.82, 2.24) is 0 Å². The Hall–Kier alpha value is -2.94. The summed E-state index contributed by atoms with van der Waals surface area (Å²) < 4.78 is 0. The van der Waals surface area contributed by atoms with Crippen LogP contribution in [0, 0.1) is 13.8 Å². The number of rotatable bonds is 6. The molecule has 0 saturated carbocycles. The monoisotopic (exact) mass is 375 g/mol. The molecule has 0 amide bonds. The molecule has 146 valence electrons. The van der Waals surface area contributed by atoms with E-state index in [2.05, 4.69) is 56.0 Å². The molecular formula is C25H29NO2. The molecule has 3 rings (SSSR count). The van der Waals surface area contributed by atoms with Crippen molar-refractivity contribution in [2.75, 3.05) is 18.0 Å². The predicted octanol–water partition coefficient (Wildman–Crippen LogP) is 5.74. The minimum absolute atomic E-state index is 0.244. The molecule has 28 heavy (non-hydrogen) atoms. The minimum Gasteiger partial charge on any atom is -0.508 e. The summed E-state index contributed by atoms with van der Waals surface area (Å²) in [6.45, 7) is 9.99. The fourth-order valence-electron chi connectivity index (χ4n) is 3.74. The van der Waals surface area contributed by atoms with E-state index >= 15 is 0 Å². The predicted molar refractivity (Wildman–Crippen MR) is 117 cm³/mol. The van der Waals surface area contributed by atoms with Crippen molar-refractivity contribution >= 4 is 5.69 Å². The SMILES string of the molecule is CCN(CC)c1ccc(C(c2ccc(C)cc2)c2ccc(C)cc2O)c(O)c1. The van der Waals surface area contributed by atoms with E-state index in [1.54, 1.807) is 6.07 Å². The third-order valence-electron chi connectivity index (χ3n) is 5.36. The van der Waals surface area contributed by atoms with Gasteiger partial charge in [0.15, 0.2) is 0 Å². The van der Waals surface area contributed by atoms with E-state index in [0.29, 0.717) is 0 Å². The molecule has 0 fully saturated rings. The summed E-state index contributed by atoms with van der Waals surface area (Å²) in [7, 11) is 0. The molecule has 3 aromatic rings. The second-order valence-electron chi connectivity index (χ2n) is 7.32. The second-order valence-corrected chi connectivity index (χ2v) is 7.32. The molecule has 2 N–H and O–H groups in total. The van der Waals surface area contributed by atoms with E-state index in [4.69, 9.17) is 0 Å². The molecule has 0 aliphatic carbocycles. The van der Waals surface area contributed by atoms with Gasteiger partial charge in [0.2, 0.25) is 0 Å². The minimum atomic E-state index is -0.244. The molecule has 1 unspecified atom stereocenters. The number of hydrogen-bond donors (Lipinski definition) is 2. The highest BCUT2D eigenvalue weighted by molar-refractivity contribution is 5.59. The molecule has 0 radical (unpaired) electrons. The van der Waals surface area contributed by atoms with E-state index in [9.17, 15) is 10.2 Å². The van der Waals surface area contributed by atoms with Crippen LogP contribution < -0.4 is 4.90 Å². The average Bonchev–Trinajstić information content (AvgIpc) is 2.67. The van der Waals surface area contributed by atoms with Gasteiger partial charge in [0, 0.05) is 41.9 Å². The van der Waals surface area contributed by atoms with Crippen LogP contribution in [0.3, 0.4) is 0 Å².